The maximum Gasteiger partial charge on any atom is 0.171 e. The van der Waals surface area contributed by atoms with Gasteiger partial charge in [0.25, 0.3) is 0 Å². The lowest BCUT2D eigenvalue weighted by Crippen LogP contribution is -2.24. The van der Waals surface area contributed by atoms with Crippen molar-refractivity contribution in [2.24, 2.45) is 0 Å². The third kappa shape index (κ3) is 3.96. The van der Waals surface area contributed by atoms with Gasteiger partial charge in [0.1, 0.15) is 10.5 Å². The molecule has 0 radical (unpaired) electrons. The first-order chi connectivity index (χ1) is 8.38. The predicted octanol–water partition coefficient (Wildman–Crippen LogP) is 1.57. The van der Waals surface area contributed by atoms with Crippen molar-refractivity contribution in [3.05, 3.63) is 71.8 Å². The van der Waals surface area contributed by atoms with E-state index in [4.69, 9.17) is 4.12 Å². The molecule has 2 aromatic rings. The first-order valence-electron chi connectivity index (χ1n) is 5.99. The number of benzene rings is 2. The minimum atomic E-state index is -1.10. The molecule has 2 rings (SSSR count). The summed E-state index contributed by atoms with van der Waals surface area (Å²) < 4.78 is 5.84. The van der Waals surface area contributed by atoms with Crippen LogP contribution < -0.4 is 0 Å². The molecule has 1 nitrogen and oxygen atoms in total. The highest BCUT2D eigenvalue weighted by molar-refractivity contribution is 6.54. The van der Waals surface area contributed by atoms with Crippen LogP contribution in [-0.2, 0) is 16.2 Å². The Morgan fingerprint density at radius 3 is 1.53 bits per heavy atom. The third-order valence-electron chi connectivity index (χ3n) is 2.95. The molecule has 17 heavy (non-hydrogen) atoms. The van der Waals surface area contributed by atoms with Crippen molar-refractivity contribution in [1.82, 2.24) is 0 Å². The Morgan fingerprint density at radius 1 is 0.765 bits per heavy atom. The summed E-state index contributed by atoms with van der Waals surface area (Å²) in [4.78, 5) is 0. The monoisotopic (exact) mass is 258 g/mol. The minimum Gasteiger partial charge on any atom is -0.465 e. The zero-order chi connectivity index (χ0) is 11.9. The lowest BCUT2D eigenvalue weighted by Gasteiger charge is -2.14. The highest BCUT2D eigenvalue weighted by Gasteiger charge is 2.11. The summed E-state index contributed by atoms with van der Waals surface area (Å²) in [5, 5.41) is 0. The van der Waals surface area contributed by atoms with Crippen molar-refractivity contribution >= 4 is 19.5 Å². The molecule has 0 heterocycles. The van der Waals surface area contributed by atoms with E-state index in [1.165, 1.54) is 11.1 Å². The largest absolute Gasteiger partial charge is 0.465 e. The summed E-state index contributed by atoms with van der Waals surface area (Å²) in [5.41, 5.74) is 2.83. The van der Waals surface area contributed by atoms with Gasteiger partial charge in [0.15, 0.2) is 9.04 Å². The summed E-state index contributed by atoms with van der Waals surface area (Å²) in [5.74, 6) is 0. The molecule has 2 aromatic carbocycles. The van der Waals surface area contributed by atoms with Gasteiger partial charge in [0, 0.05) is 0 Å². The molecule has 0 N–H and O–H groups in total. The van der Waals surface area contributed by atoms with E-state index in [2.05, 4.69) is 60.7 Å². The number of hydrogen-bond donors (Lipinski definition) is 0. The van der Waals surface area contributed by atoms with Crippen LogP contribution in [-0.4, -0.2) is 19.5 Å². The third-order valence-corrected chi connectivity index (χ3v) is 7.47. The highest BCUT2D eigenvalue weighted by Crippen LogP contribution is 2.08. The van der Waals surface area contributed by atoms with Gasteiger partial charge >= 0.3 is 0 Å². The fraction of sp³-hybridized carbons (Fsp3) is 0.143. The highest BCUT2D eigenvalue weighted by atomic mass is 28.3. The van der Waals surface area contributed by atoms with Crippen LogP contribution in [0.5, 0.6) is 0 Å². The summed E-state index contributed by atoms with van der Waals surface area (Å²) in [7, 11) is -0.249. The van der Waals surface area contributed by atoms with Crippen LogP contribution in [0.25, 0.3) is 0 Å². The SMILES string of the molecule is [SiH3]O[SiH](Cc1ccccc1)Cc1ccccc1. The summed E-state index contributed by atoms with van der Waals surface area (Å²) in [6.45, 7) is 0. The van der Waals surface area contributed by atoms with Crippen molar-refractivity contribution in [2.75, 3.05) is 0 Å². The van der Waals surface area contributed by atoms with Gasteiger partial charge in [0.05, 0.1) is 0 Å². The molecule has 0 bridgehead atoms. The van der Waals surface area contributed by atoms with E-state index >= 15 is 0 Å². The van der Waals surface area contributed by atoms with Crippen molar-refractivity contribution < 1.29 is 4.12 Å². The van der Waals surface area contributed by atoms with Crippen LogP contribution in [0.3, 0.4) is 0 Å². The second-order valence-electron chi connectivity index (χ2n) is 4.24. The Kier molecular flexibility index (Phi) is 4.73. The van der Waals surface area contributed by atoms with Gasteiger partial charge < -0.3 is 4.12 Å². The van der Waals surface area contributed by atoms with Crippen molar-refractivity contribution in [3.63, 3.8) is 0 Å². The van der Waals surface area contributed by atoms with Crippen LogP contribution >= 0.6 is 0 Å². The average molecular weight is 258 g/mol. The minimum absolute atomic E-state index is 0.855. The molecule has 0 aromatic heterocycles. The Bertz CT molecular complexity index is 389. The van der Waals surface area contributed by atoms with Crippen LogP contribution in [0.1, 0.15) is 11.1 Å². The fourth-order valence-electron chi connectivity index (χ4n) is 1.99. The van der Waals surface area contributed by atoms with Crippen LogP contribution in [0.4, 0.5) is 0 Å². The second-order valence-corrected chi connectivity index (χ2v) is 8.18. The molecule has 3 heteroatoms. The molecular formula is C14H18OSi2. The molecule has 0 saturated heterocycles. The van der Waals surface area contributed by atoms with Gasteiger partial charge in [-0.2, -0.15) is 0 Å². The molecule has 0 fully saturated rings. The number of hydrogen-bond acceptors (Lipinski definition) is 1. The standard InChI is InChI=1S/C14H18OSi2/c16-15-17(11-13-7-3-1-4-8-13)12-14-9-5-2-6-10-14/h1-10,17H,11-12H2,16H3. The molecule has 0 spiro atoms. The average Bonchev–Trinajstić information content (AvgIpc) is 2.40. The van der Waals surface area contributed by atoms with E-state index in [0.29, 0.717) is 0 Å². The van der Waals surface area contributed by atoms with E-state index in [0.717, 1.165) is 22.6 Å². The topological polar surface area (TPSA) is 9.23 Å². The maximum absolute atomic E-state index is 5.84. The van der Waals surface area contributed by atoms with Gasteiger partial charge in [-0.25, -0.2) is 0 Å². The van der Waals surface area contributed by atoms with Gasteiger partial charge in [-0.1, -0.05) is 60.7 Å². The van der Waals surface area contributed by atoms with E-state index in [-0.39, 0.29) is 0 Å². The van der Waals surface area contributed by atoms with E-state index in [1.807, 2.05) is 0 Å². The Morgan fingerprint density at radius 2 is 1.18 bits per heavy atom. The lowest BCUT2D eigenvalue weighted by molar-refractivity contribution is 0.623. The molecule has 88 valence electrons. The van der Waals surface area contributed by atoms with E-state index in [1.54, 1.807) is 0 Å². The number of rotatable bonds is 5. The van der Waals surface area contributed by atoms with Crippen molar-refractivity contribution in [2.45, 2.75) is 12.1 Å². The van der Waals surface area contributed by atoms with Crippen LogP contribution in [0.2, 0.25) is 0 Å². The van der Waals surface area contributed by atoms with Gasteiger partial charge in [-0.05, 0) is 23.2 Å². The van der Waals surface area contributed by atoms with Crippen molar-refractivity contribution in [1.29, 1.82) is 0 Å². The molecule has 0 amide bonds. The van der Waals surface area contributed by atoms with Crippen molar-refractivity contribution in [3.8, 4) is 0 Å². The van der Waals surface area contributed by atoms with Gasteiger partial charge in [-0.15, -0.1) is 0 Å². The normalized spacial score (nSPS) is 10.9. The Labute approximate surface area is 108 Å². The van der Waals surface area contributed by atoms with Crippen LogP contribution in [0.15, 0.2) is 60.7 Å². The molecular weight excluding hydrogens is 240 g/mol. The first kappa shape index (κ1) is 12.3. The van der Waals surface area contributed by atoms with Gasteiger partial charge in [0.2, 0.25) is 0 Å². The van der Waals surface area contributed by atoms with E-state index < -0.39 is 9.04 Å². The predicted molar refractivity (Wildman–Crippen MR) is 78.5 cm³/mol. The molecule has 0 unspecified atom stereocenters. The maximum atomic E-state index is 5.84. The van der Waals surface area contributed by atoms with Gasteiger partial charge in [-0.3, -0.25) is 0 Å². The lowest BCUT2D eigenvalue weighted by atomic mass is 10.2. The molecule has 0 aliphatic carbocycles. The second kappa shape index (κ2) is 6.54. The zero-order valence-electron chi connectivity index (χ0n) is 10.2. The summed E-state index contributed by atoms with van der Waals surface area (Å²) in [6, 6.07) is 23.6. The first-order valence-corrected chi connectivity index (χ1v) is 8.91. The summed E-state index contributed by atoms with van der Waals surface area (Å²) >= 11 is 0. The Hall–Kier alpha value is -1.17. The molecule has 0 aliphatic rings. The zero-order valence-corrected chi connectivity index (χ0v) is 13.3. The fourth-order valence-corrected chi connectivity index (χ4v) is 5.07. The molecule has 0 saturated carbocycles. The quantitative estimate of drug-likeness (QED) is 0.740. The van der Waals surface area contributed by atoms with E-state index in [9.17, 15) is 0 Å². The Balaban J connectivity index is 1.98. The van der Waals surface area contributed by atoms with Crippen LogP contribution in [0, 0.1) is 0 Å². The molecule has 0 aliphatic heterocycles. The molecule has 0 atom stereocenters. The summed E-state index contributed by atoms with van der Waals surface area (Å²) in [6.07, 6.45) is 0. The smallest absolute Gasteiger partial charge is 0.171 e.